The Kier molecular flexibility index (Phi) is 3.90. The summed E-state index contributed by atoms with van der Waals surface area (Å²) < 4.78 is 114. The van der Waals surface area contributed by atoms with E-state index in [0.29, 0.717) is 6.07 Å². The van der Waals surface area contributed by atoms with E-state index < -0.39 is 41.3 Å². The number of nitrogen functional groups attached to an aromatic ring is 1. The van der Waals surface area contributed by atoms with E-state index in [4.69, 9.17) is 5.73 Å². The van der Waals surface area contributed by atoms with Crippen LogP contribution in [0.1, 0.15) is 11.1 Å². The number of anilines is 1. The number of hydrogen-bond donors (Lipinski definition) is 1. The highest BCUT2D eigenvalue weighted by Crippen LogP contribution is 2.50. The molecule has 1 aromatic rings. The van der Waals surface area contributed by atoms with Crippen LogP contribution in [0.2, 0.25) is 0 Å². The Morgan fingerprint density at radius 3 is 1.70 bits per heavy atom. The van der Waals surface area contributed by atoms with E-state index in [2.05, 4.69) is 0 Å². The van der Waals surface area contributed by atoms with Gasteiger partial charge in [-0.3, -0.25) is 0 Å². The quantitative estimate of drug-likeness (QED) is 0.640. The summed E-state index contributed by atoms with van der Waals surface area (Å²) in [6.45, 7) is 0. The van der Waals surface area contributed by atoms with E-state index in [-0.39, 0.29) is 12.1 Å². The van der Waals surface area contributed by atoms with Crippen molar-refractivity contribution >= 4 is 5.69 Å². The highest BCUT2D eigenvalue weighted by molar-refractivity contribution is 5.48. The second-order valence-corrected chi connectivity index (χ2v) is 3.81. The van der Waals surface area contributed by atoms with E-state index in [0.717, 1.165) is 0 Å². The predicted octanol–water partition coefficient (Wildman–Crippen LogP) is 4.28. The van der Waals surface area contributed by atoms with E-state index >= 15 is 0 Å². The van der Waals surface area contributed by atoms with Gasteiger partial charge in [-0.15, -0.1) is 0 Å². The van der Waals surface area contributed by atoms with Gasteiger partial charge in [-0.25, -0.2) is 13.2 Å². The Bertz CT molecular complexity index is 490. The molecule has 20 heavy (non-hydrogen) atoms. The van der Waals surface area contributed by atoms with Crippen LogP contribution >= 0.6 is 0 Å². The SMILES string of the molecule is Nc1ccc(C(F)(C(F)F)C(F)(F)F)c(C(F)(F)F)c1. The molecule has 0 fully saturated rings. The number of halogens is 9. The molecule has 10 heteroatoms. The van der Waals surface area contributed by atoms with Gasteiger partial charge >= 0.3 is 12.4 Å². The number of hydrogen-bond acceptors (Lipinski definition) is 1. The van der Waals surface area contributed by atoms with Crippen LogP contribution in [0.25, 0.3) is 0 Å². The number of rotatable bonds is 2. The molecule has 114 valence electrons. The largest absolute Gasteiger partial charge is 0.432 e. The fraction of sp³-hybridized carbons (Fsp3) is 0.400. The molecule has 0 aliphatic rings. The van der Waals surface area contributed by atoms with Gasteiger partial charge in [0, 0.05) is 11.3 Å². The molecule has 1 aromatic carbocycles. The normalized spacial score (nSPS) is 16.3. The average molecular weight is 311 g/mol. The van der Waals surface area contributed by atoms with Crippen LogP contribution in [0.3, 0.4) is 0 Å². The lowest BCUT2D eigenvalue weighted by Gasteiger charge is -2.29. The molecular weight excluding hydrogens is 305 g/mol. The first-order valence-electron chi connectivity index (χ1n) is 4.82. The minimum absolute atomic E-state index is 0.0300. The lowest BCUT2D eigenvalue weighted by molar-refractivity contribution is -0.275. The molecule has 2 N–H and O–H groups in total. The Morgan fingerprint density at radius 1 is 0.850 bits per heavy atom. The van der Waals surface area contributed by atoms with Crippen LogP contribution in [0.15, 0.2) is 18.2 Å². The van der Waals surface area contributed by atoms with Crippen LogP contribution in [0.5, 0.6) is 0 Å². The molecule has 0 aromatic heterocycles. The molecule has 0 saturated carbocycles. The molecule has 0 spiro atoms. The van der Waals surface area contributed by atoms with Crippen LogP contribution in [-0.2, 0) is 11.8 Å². The molecule has 0 amide bonds. The summed E-state index contributed by atoms with van der Waals surface area (Å²) in [4.78, 5) is 0. The van der Waals surface area contributed by atoms with Crippen molar-refractivity contribution in [1.29, 1.82) is 0 Å². The van der Waals surface area contributed by atoms with Crippen molar-refractivity contribution in [2.45, 2.75) is 24.4 Å². The smallest absolute Gasteiger partial charge is 0.399 e. The minimum atomic E-state index is -6.22. The van der Waals surface area contributed by atoms with Crippen molar-refractivity contribution in [2.24, 2.45) is 0 Å². The zero-order chi connectivity index (χ0) is 15.9. The maximum absolute atomic E-state index is 13.7. The third-order valence-electron chi connectivity index (χ3n) is 2.45. The van der Waals surface area contributed by atoms with Gasteiger partial charge in [0.25, 0.3) is 12.1 Å². The van der Waals surface area contributed by atoms with Crippen LogP contribution in [0, 0.1) is 0 Å². The van der Waals surface area contributed by atoms with Gasteiger partial charge < -0.3 is 5.73 Å². The molecule has 0 heterocycles. The first-order valence-corrected chi connectivity index (χ1v) is 4.82. The summed E-state index contributed by atoms with van der Waals surface area (Å²) in [6.07, 6.45) is -16.4. The predicted molar refractivity (Wildman–Crippen MR) is 50.7 cm³/mol. The molecule has 0 aliphatic carbocycles. The Hall–Kier alpha value is -1.61. The standard InChI is InChI=1S/C10H6F9N/c11-7(12)8(13,10(17,18)19)5-2-1-4(20)3-6(5)9(14,15)16/h1-3,7H,20H2. The van der Waals surface area contributed by atoms with Crippen molar-refractivity contribution in [1.82, 2.24) is 0 Å². The van der Waals surface area contributed by atoms with Crippen molar-refractivity contribution in [3.63, 3.8) is 0 Å². The molecular formula is C10H6F9N. The van der Waals surface area contributed by atoms with Crippen molar-refractivity contribution < 1.29 is 39.5 Å². The topological polar surface area (TPSA) is 26.0 Å². The third-order valence-corrected chi connectivity index (χ3v) is 2.45. The molecule has 1 nitrogen and oxygen atoms in total. The van der Waals surface area contributed by atoms with Crippen molar-refractivity contribution in [2.75, 3.05) is 5.73 Å². The van der Waals surface area contributed by atoms with Gasteiger partial charge in [0.2, 0.25) is 0 Å². The maximum Gasteiger partial charge on any atom is 0.432 e. The fourth-order valence-electron chi connectivity index (χ4n) is 1.51. The average Bonchev–Trinajstić information content (AvgIpc) is 2.24. The second kappa shape index (κ2) is 4.74. The lowest BCUT2D eigenvalue weighted by atomic mass is 9.90. The van der Waals surface area contributed by atoms with Gasteiger partial charge in [-0.1, -0.05) is 6.07 Å². The van der Waals surface area contributed by atoms with Gasteiger partial charge in [-0.05, 0) is 12.1 Å². The number of benzene rings is 1. The Morgan fingerprint density at radius 2 is 1.35 bits per heavy atom. The first kappa shape index (κ1) is 16.4. The van der Waals surface area contributed by atoms with E-state index in [1.807, 2.05) is 0 Å². The van der Waals surface area contributed by atoms with Gasteiger partial charge in [0.1, 0.15) is 0 Å². The van der Waals surface area contributed by atoms with Gasteiger partial charge in [-0.2, -0.15) is 26.3 Å². The van der Waals surface area contributed by atoms with E-state index in [1.54, 1.807) is 0 Å². The Balaban J connectivity index is 3.67. The summed E-state index contributed by atoms with van der Waals surface area (Å²) in [5, 5.41) is 0. The monoisotopic (exact) mass is 311 g/mol. The zero-order valence-electron chi connectivity index (χ0n) is 9.29. The highest BCUT2D eigenvalue weighted by Gasteiger charge is 2.65. The molecule has 0 radical (unpaired) electrons. The summed E-state index contributed by atoms with van der Waals surface area (Å²) in [5.74, 6) is 0. The van der Waals surface area contributed by atoms with Gasteiger partial charge in [0.15, 0.2) is 0 Å². The van der Waals surface area contributed by atoms with Crippen LogP contribution in [-0.4, -0.2) is 12.6 Å². The molecule has 0 bridgehead atoms. The summed E-state index contributed by atoms with van der Waals surface area (Å²) in [6, 6.07) is 0.405. The third kappa shape index (κ3) is 2.63. The van der Waals surface area contributed by atoms with Crippen LogP contribution < -0.4 is 5.73 Å². The molecule has 0 aliphatic heterocycles. The summed E-state index contributed by atoms with van der Waals surface area (Å²) in [7, 11) is 0. The zero-order valence-corrected chi connectivity index (χ0v) is 9.29. The van der Waals surface area contributed by atoms with Crippen molar-refractivity contribution in [3.05, 3.63) is 29.3 Å². The molecule has 1 atom stereocenters. The molecule has 1 rings (SSSR count). The maximum atomic E-state index is 13.7. The van der Waals surface area contributed by atoms with Crippen molar-refractivity contribution in [3.8, 4) is 0 Å². The van der Waals surface area contributed by atoms with E-state index in [9.17, 15) is 39.5 Å². The van der Waals surface area contributed by atoms with Gasteiger partial charge in [0.05, 0.1) is 5.56 Å². The number of alkyl halides is 9. The highest BCUT2D eigenvalue weighted by atomic mass is 19.4. The number of nitrogens with two attached hydrogens (primary N) is 1. The van der Waals surface area contributed by atoms with Crippen LogP contribution in [0.4, 0.5) is 45.2 Å². The Labute approximate surface area is 106 Å². The minimum Gasteiger partial charge on any atom is -0.399 e. The van der Waals surface area contributed by atoms with E-state index in [1.165, 1.54) is 0 Å². The summed E-state index contributed by atoms with van der Waals surface area (Å²) in [5.41, 5.74) is -5.53. The fourth-order valence-corrected chi connectivity index (χ4v) is 1.51. The lowest BCUT2D eigenvalue weighted by Crippen LogP contribution is -2.45. The first-order chi connectivity index (χ1) is 8.81. The summed E-state index contributed by atoms with van der Waals surface area (Å²) >= 11 is 0. The second-order valence-electron chi connectivity index (χ2n) is 3.81. The molecule has 1 unspecified atom stereocenters. The molecule has 0 saturated heterocycles.